The molecule has 0 unspecified atom stereocenters. The zero-order valence-electron chi connectivity index (χ0n) is 16.1. The molecule has 0 aromatic heterocycles. The highest BCUT2D eigenvalue weighted by Gasteiger charge is 2.24. The Balaban J connectivity index is 1.98. The summed E-state index contributed by atoms with van der Waals surface area (Å²) in [5, 5.41) is 8.51. The summed E-state index contributed by atoms with van der Waals surface area (Å²) in [7, 11) is 1.55. The van der Waals surface area contributed by atoms with Gasteiger partial charge in [0, 0.05) is 29.9 Å². The molecule has 1 saturated carbocycles. The molecule has 0 radical (unpaired) electrons. The van der Waals surface area contributed by atoms with E-state index in [1.165, 1.54) is 4.90 Å². The van der Waals surface area contributed by atoms with Crippen molar-refractivity contribution in [2.45, 2.75) is 52.1 Å². The van der Waals surface area contributed by atoms with Crippen molar-refractivity contribution in [1.82, 2.24) is 15.5 Å². The topological polar surface area (TPSA) is 90.5 Å². The quantitative estimate of drug-likeness (QED) is 0.752. The van der Waals surface area contributed by atoms with E-state index in [0.717, 1.165) is 18.4 Å². The van der Waals surface area contributed by atoms with E-state index in [1.54, 1.807) is 25.2 Å². The molecule has 0 aliphatic heterocycles. The lowest BCUT2D eigenvalue weighted by atomic mass is 10.1. The van der Waals surface area contributed by atoms with E-state index in [-0.39, 0.29) is 29.9 Å². The number of likely N-dealkylation sites (N-methyl/N-ethyl adjacent to an activating group) is 1. The van der Waals surface area contributed by atoms with E-state index < -0.39 is 6.03 Å². The maximum absolute atomic E-state index is 12.4. The highest BCUT2D eigenvalue weighted by atomic mass is 16.2. The Labute approximate surface area is 154 Å². The molecule has 1 aromatic rings. The fourth-order valence-electron chi connectivity index (χ4n) is 2.35. The third-order valence-corrected chi connectivity index (χ3v) is 3.90. The van der Waals surface area contributed by atoms with Crippen molar-refractivity contribution in [1.29, 1.82) is 0 Å². The molecule has 0 atom stereocenters. The van der Waals surface area contributed by atoms with Crippen LogP contribution in [0.5, 0.6) is 0 Å². The number of carbonyl (C=O) groups excluding carboxylic acids is 3. The number of carbonyl (C=O) groups is 3. The van der Waals surface area contributed by atoms with Gasteiger partial charge < -0.3 is 20.9 Å². The molecule has 1 aliphatic carbocycles. The summed E-state index contributed by atoms with van der Waals surface area (Å²) in [4.78, 5) is 37.8. The number of aryl methyl sites for hydroxylation is 1. The molecule has 142 valence electrons. The molecule has 0 saturated heterocycles. The minimum atomic E-state index is -0.406. The standard InChI is InChI=1S/C19H28N4O3/c1-12-6-7-13(17(25)20-14-8-9-14)10-15(12)21-18(26)23(5)11-16(24)22-19(2,3)4/h6-7,10,14H,8-9,11H2,1-5H3,(H,20,25)(H,21,26)(H,22,24). The van der Waals surface area contributed by atoms with Crippen LogP contribution in [0, 0.1) is 6.92 Å². The maximum Gasteiger partial charge on any atom is 0.322 e. The van der Waals surface area contributed by atoms with Crippen LogP contribution in [0.15, 0.2) is 18.2 Å². The van der Waals surface area contributed by atoms with Crippen molar-refractivity contribution in [2.24, 2.45) is 0 Å². The molecule has 4 amide bonds. The lowest BCUT2D eigenvalue weighted by Crippen LogP contribution is -2.47. The zero-order chi connectivity index (χ0) is 19.5. The van der Waals surface area contributed by atoms with Crippen molar-refractivity contribution in [3.05, 3.63) is 29.3 Å². The number of rotatable bonds is 5. The molecular formula is C19H28N4O3. The van der Waals surface area contributed by atoms with Crippen molar-refractivity contribution in [3.63, 3.8) is 0 Å². The highest BCUT2D eigenvalue weighted by molar-refractivity contribution is 5.98. The van der Waals surface area contributed by atoms with E-state index >= 15 is 0 Å². The van der Waals surface area contributed by atoms with Crippen LogP contribution in [0.2, 0.25) is 0 Å². The van der Waals surface area contributed by atoms with E-state index in [1.807, 2.05) is 27.7 Å². The van der Waals surface area contributed by atoms with Gasteiger partial charge in [-0.05, 0) is 58.2 Å². The number of nitrogens with one attached hydrogen (secondary N) is 3. The van der Waals surface area contributed by atoms with E-state index in [9.17, 15) is 14.4 Å². The fraction of sp³-hybridized carbons (Fsp3) is 0.526. The maximum atomic E-state index is 12.4. The van der Waals surface area contributed by atoms with Gasteiger partial charge in [-0.25, -0.2) is 4.79 Å². The predicted octanol–water partition coefficient (Wildman–Crippen LogP) is 2.27. The lowest BCUT2D eigenvalue weighted by Gasteiger charge is -2.23. The smallest absolute Gasteiger partial charge is 0.322 e. The predicted molar refractivity (Wildman–Crippen MR) is 101 cm³/mol. The molecule has 7 nitrogen and oxygen atoms in total. The minimum Gasteiger partial charge on any atom is -0.350 e. The Morgan fingerprint density at radius 3 is 2.42 bits per heavy atom. The third kappa shape index (κ3) is 6.06. The first-order valence-corrected chi connectivity index (χ1v) is 8.80. The second kappa shape index (κ2) is 7.76. The van der Waals surface area contributed by atoms with Crippen LogP contribution in [0.25, 0.3) is 0 Å². The third-order valence-electron chi connectivity index (χ3n) is 3.90. The second-order valence-corrected chi connectivity index (χ2v) is 7.86. The molecule has 1 aromatic carbocycles. The van der Waals surface area contributed by atoms with Crippen molar-refractivity contribution < 1.29 is 14.4 Å². The summed E-state index contributed by atoms with van der Waals surface area (Å²) in [6, 6.07) is 5.06. The number of nitrogens with zero attached hydrogens (tertiary/aromatic N) is 1. The normalized spacial score (nSPS) is 13.7. The van der Waals surface area contributed by atoms with Crippen LogP contribution in [0.3, 0.4) is 0 Å². The van der Waals surface area contributed by atoms with Gasteiger partial charge in [0.1, 0.15) is 6.54 Å². The second-order valence-electron chi connectivity index (χ2n) is 7.86. The first kappa shape index (κ1) is 19.8. The van der Waals surface area contributed by atoms with Gasteiger partial charge in [-0.1, -0.05) is 6.07 Å². The number of hydrogen-bond donors (Lipinski definition) is 3. The van der Waals surface area contributed by atoms with E-state index in [2.05, 4.69) is 16.0 Å². The Hall–Kier alpha value is -2.57. The van der Waals surface area contributed by atoms with Crippen LogP contribution in [0.4, 0.5) is 10.5 Å². The molecule has 0 heterocycles. The molecule has 3 N–H and O–H groups in total. The average molecular weight is 360 g/mol. The van der Waals surface area contributed by atoms with Crippen molar-refractivity contribution in [3.8, 4) is 0 Å². The van der Waals surface area contributed by atoms with Gasteiger partial charge in [-0.3, -0.25) is 9.59 Å². The largest absolute Gasteiger partial charge is 0.350 e. The number of anilines is 1. The monoisotopic (exact) mass is 360 g/mol. The summed E-state index contributed by atoms with van der Waals surface area (Å²) < 4.78 is 0. The molecule has 26 heavy (non-hydrogen) atoms. The Kier molecular flexibility index (Phi) is 5.90. The van der Waals surface area contributed by atoms with E-state index in [0.29, 0.717) is 11.3 Å². The van der Waals surface area contributed by atoms with Gasteiger partial charge in [0.2, 0.25) is 5.91 Å². The lowest BCUT2D eigenvalue weighted by molar-refractivity contribution is -0.122. The summed E-state index contributed by atoms with van der Waals surface area (Å²) in [5.41, 5.74) is 1.55. The van der Waals surface area contributed by atoms with Crippen LogP contribution in [0.1, 0.15) is 49.5 Å². The Bertz CT molecular complexity index is 705. The number of hydrogen-bond acceptors (Lipinski definition) is 3. The fourth-order valence-corrected chi connectivity index (χ4v) is 2.35. The van der Waals surface area contributed by atoms with Crippen LogP contribution in [-0.2, 0) is 4.79 Å². The van der Waals surface area contributed by atoms with Gasteiger partial charge in [-0.15, -0.1) is 0 Å². The molecular weight excluding hydrogens is 332 g/mol. The molecule has 0 bridgehead atoms. The van der Waals surface area contributed by atoms with Crippen LogP contribution >= 0.6 is 0 Å². The first-order chi connectivity index (χ1) is 12.0. The summed E-state index contributed by atoms with van der Waals surface area (Å²) in [6.07, 6.45) is 2.03. The minimum absolute atomic E-state index is 0.0516. The van der Waals surface area contributed by atoms with E-state index in [4.69, 9.17) is 0 Å². The Morgan fingerprint density at radius 2 is 1.85 bits per heavy atom. The summed E-state index contributed by atoms with van der Waals surface area (Å²) in [6.45, 7) is 7.44. The van der Waals surface area contributed by atoms with Gasteiger partial charge >= 0.3 is 6.03 Å². The van der Waals surface area contributed by atoms with Crippen molar-refractivity contribution >= 4 is 23.5 Å². The zero-order valence-corrected chi connectivity index (χ0v) is 16.1. The molecule has 0 spiro atoms. The van der Waals surface area contributed by atoms with Crippen LogP contribution < -0.4 is 16.0 Å². The number of urea groups is 1. The first-order valence-electron chi connectivity index (χ1n) is 8.80. The average Bonchev–Trinajstić information content (AvgIpc) is 3.31. The van der Waals surface area contributed by atoms with Gasteiger partial charge in [0.05, 0.1) is 0 Å². The summed E-state index contributed by atoms with van der Waals surface area (Å²) >= 11 is 0. The summed E-state index contributed by atoms with van der Waals surface area (Å²) in [5.74, 6) is -0.370. The van der Waals surface area contributed by atoms with Crippen molar-refractivity contribution in [2.75, 3.05) is 18.9 Å². The van der Waals surface area contributed by atoms with Gasteiger partial charge in [-0.2, -0.15) is 0 Å². The van der Waals surface area contributed by atoms with Crippen LogP contribution in [-0.4, -0.2) is 47.9 Å². The number of amides is 4. The molecule has 1 aliphatic rings. The van der Waals surface area contributed by atoms with Gasteiger partial charge in [0.15, 0.2) is 0 Å². The molecule has 2 rings (SSSR count). The highest BCUT2D eigenvalue weighted by Crippen LogP contribution is 2.21. The molecule has 7 heteroatoms. The molecule has 1 fully saturated rings. The Morgan fingerprint density at radius 1 is 1.19 bits per heavy atom. The number of benzene rings is 1. The SMILES string of the molecule is Cc1ccc(C(=O)NC2CC2)cc1NC(=O)N(C)CC(=O)NC(C)(C)C. The van der Waals surface area contributed by atoms with Gasteiger partial charge in [0.25, 0.3) is 5.91 Å².